The molecule has 1 aromatic heterocycles. The molecule has 1 fully saturated rings. The van der Waals surface area contributed by atoms with Crippen LogP contribution in [0.3, 0.4) is 0 Å². The first kappa shape index (κ1) is 22.4. The van der Waals surface area contributed by atoms with Gasteiger partial charge in [-0.3, -0.25) is 15.0 Å². The fraction of sp³-hybridized carbons (Fsp3) is 0.429. The minimum Gasteiger partial charge on any atom is -0.298 e. The van der Waals surface area contributed by atoms with Crippen LogP contribution in [-0.2, 0) is 16.6 Å². The molecule has 0 aliphatic carbocycles. The lowest BCUT2D eigenvalue weighted by atomic mass is 9.92. The predicted molar refractivity (Wildman–Crippen MR) is 119 cm³/mol. The molecular weight excluding hydrogens is 420 g/mol. The Bertz CT molecular complexity index is 1020. The number of carbonyl (C=O) groups is 1. The zero-order valence-corrected chi connectivity index (χ0v) is 18.7. The zero-order chi connectivity index (χ0) is 21.7. The van der Waals surface area contributed by atoms with Crippen molar-refractivity contribution in [1.29, 1.82) is 0 Å². The van der Waals surface area contributed by atoms with Gasteiger partial charge >= 0.3 is 0 Å². The molecule has 1 amide bonds. The number of amides is 1. The average molecular weight is 447 g/mol. The highest BCUT2D eigenvalue weighted by atomic mass is 32.2. The second-order valence-electron chi connectivity index (χ2n) is 7.79. The first-order valence-corrected chi connectivity index (χ1v) is 12.1. The number of benzene rings is 1. The number of likely N-dealkylation sites (tertiary alicyclic amines) is 1. The van der Waals surface area contributed by atoms with Crippen LogP contribution >= 0.6 is 11.3 Å². The molecule has 2 atom stereocenters. The van der Waals surface area contributed by atoms with Crippen molar-refractivity contribution >= 4 is 32.4 Å². The minimum atomic E-state index is -3.68. The van der Waals surface area contributed by atoms with Crippen LogP contribution in [0.5, 0.6) is 0 Å². The molecule has 3 rings (SSSR count). The van der Waals surface area contributed by atoms with E-state index in [0.29, 0.717) is 22.5 Å². The van der Waals surface area contributed by atoms with E-state index in [1.54, 1.807) is 0 Å². The molecule has 0 saturated carbocycles. The molecule has 9 heteroatoms. The van der Waals surface area contributed by atoms with E-state index < -0.39 is 10.0 Å². The van der Waals surface area contributed by atoms with Crippen LogP contribution in [0.2, 0.25) is 0 Å². The largest absolute Gasteiger partial charge is 0.298 e. The highest BCUT2D eigenvalue weighted by Gasteiger charge is 2.22. The van der Waals surface area contributed by atoms with Gasteiger partial charge in [-0.25, -0.2) is 13.4 Å². The van der Waals surface area contributed by atoms with Gasteiger partial charge in [-0.05, 0) is 42.5 Å². The number of rotatable bonds is 7. The van der Waals surface area contributed by atoms with Gasteiger partial charge in [0.1, 0.15) is 0 Å². The molecule has 30 heavy (non-hydrogen) atoms. The summed E-state index contributed by atoms with van der Waals surface area (Å²) in [5.41, 5.74) is 1.29. The molecule has 1 aromatic carbocycles. The maximum absolute atomic E-state index is 12.5. The summed E-state index contributed by atoms with van der Waals surface area (Å²) in [5, 5.41) is 5.28. The Morgan fingerprint density at radius 2 is 1.93 bits per heavy atom. The van der Waals surface area contributed by atoms with Crippen LogP contribution < -0.4 is 10.0 Å². The summed E-state index contributed by atoms with van der Waals surface area (Å²) in [6, 6.07) is 5.68. The number of terminal acetylenes is 1. The Balaban J connectivity index is 1.59. The van der Waals surface area contributed by atoms with Crippen LogP contribution in [-0.4, -0.2) is 43.8 Å². The van der Waals surface area contributed by atoms with Gasteiger partial charge in [-0.15, -0.1) is 17.8 Å². The highest BCUT2D eigenvalue weighted by Crippen LogP contribution is 2.24. The quantitative estimate of drug-likeness (QED) is 0.638. The van der Waals surface area contributed by atoms with Crippen molar-refractivity contribution in [3.05, 3.63) is 40.9 Å². The second-order valence-corrected chi connectivity index (χ2v) is 10.4. The first-order chi connectivity index (χ1) is 14.3. The second kappa shape index (κ2) is 9.71. The molecule has 2 aromatic rings. The van der Waals surface area contributed by atoms with Crippen molar-refractivity contribution in [3.63, 3.8) is 0 Å². The number of piperidine rings is 1. The summed E-state index contributed by atoms with van der Waals surface area (Å²) >= 11 is 1.38. The van der Waals surface area contributed by atoms with E-state index in [0.717, 1.165) is 25.3 Å². The summed E-state index contributed by atoms with van der Waals surface area (Å²) in [5.74, 6) is 3.24. The smallest absolute Gasteiger partial charge is 0.257 e. The molecule has 160 valence electrons. The maximum Gasteiger partial charge on any atom is 0.257 e. The van der Waals surface area contributed by atoms with Gasteiger partial charge in [-0.2, -0.15) is 4.72 Å². The number of aromatic nitrogens is 1. The number of anilines is 1. The third-order valence-corrected chi connectivity index (χ3v) is 7.12. The molecule has 0 spiro atoms. The van der Waals surface area contributed by atoms with Crippen molar-refractivity contribution in [2.45, 2.75) is 31.7 Å². The van der Waals surface area contributed by atoms with E-state index in [2.05, 4.69) is 39.7 Å². The summed E-state index contributed by atoms with van der Waals surface area (Å²) < 4.78 is 26.4. The Labute approximate surface area is 182 Å². The monoisotopic (exact) mass is 446 g/mol. The highest BCUT2D eigenvalue weighted by molar-refractivity contribution is 7.89. The van der Waals surface area contributed by atoms with Crippen LogP contribution in [0.4, 0.5) is 5.13 Å². The van der Waals surface area contributed by atoms with Gasteiger partial charge in [0.05, 0.1) is 17.1 Å². The van der Waals surface area contributed by atoms with Gasteiger partial charge in [0, 0.05) is 30.6 Å². The van der Waals surface area contributed by atoms with E-state index in [1.807, 2.05) is 5.38 Å². The van der Waals surface area contributed by atoms with Crippen molar-refractivity contribution in [1.82, 2.24) is 14.6 Å². The third-order valence-electron chi connectivity index (χ3n) is 4.89. The molecule has 0 unspecified atom stereocenters. The molecule has 7 nitrogen and oxygen atoms in total. The van der Waals surface area contributed by atoms with Crippen LogP contribution in [0.1, 0.15) is 36.3 Å². The summed E-state index contributed by atoms with van der Waals surface area (Å²) in [7, 11) is -3.68. The fourth-order valence-electron chi connectivity index (χ4n) is 3.76. The standard InChI is InChI=1S/C21H26N4O3S2/c1-4-9-22-30(27,28)19-7-5-17(6-8-19)20(26)24-21-23-18(14-29-21)13-25-11-15(2)10-16(3)12-25/h1,5-8,14-16,22H,9-13H2,2-3H3,(H,23,24,26)/t15-,16-/m1/s1. The van der Waals surface area contributed by atoms with Gasteiger partial charge in [0.2, 0.25) is 10.0 Å². The van der Waals surface area contributed by atoms with Gasteiger partial charge < -0.3 is 0 Å². The fourth-order valence-corrected chi connectivity index (χ4v) is 5.39. The maximum atomic E-state index is 12.5. The molecule has 0 bridgehead atoms. The van der Waals surface area contributed by atoms with Crippen molar-refractivity contribution in [3.8, 4) is 12.3 Å². The topological polar surface area (TPSA) is 91.4 Å². The molecule has 1 saturated heterocycles. The lowest BCUT2D eigenvalue weighted by Gasteiger charge is -2.34. The van der Waals surface area contributed by atoms with E-state index in [4.69, 9.17) is 6.42 Å². The van der Waals surface area contributed by atoms with Gasteiger partial charge in [0.25, 0.3) is 5.91 Å². The average Bonchev–Trinajstić information content (AvgIpc) is 3.12. The van der Waals surface area contributed by atoms with Crippen LogP contribution in [0.15, 0.2) is 34.5 Å². The van der Waals surface area contributed by atoms with E-state index in [-0.39, 0.29) is 17.3 Å². The Morgan fingerprint density at radius 1 is 1.27 bits per heavy atom. The van der Waals surface area contributed by atoms with Crippen LogP contribution in [0, 0.1) is 24.2 Å². The number of thiazole rings is 1. The summed E-state index contributed by atoms with van der Waals surface area (Å²) in [4.78, 5) is 19.5. The normalized spacial score (nSPS) is 19.9. The SMILES string of the molecule is C#CCNS(=O)(=O)c1ccc(C(=O)Nc2nc(CN3C[C@H](C)C[C@@H](C)C3)cs2)cc1. The molecule has 1 aliphatic heterocycles. The number of nitrogens with one attached hydrogen (secondary N) is 2. The molecular formula is C21H26N4O3S2. The molecule has 1 aliphatic rings. The Kier molecular flexibility index (Phi) is 7.26. The Morgan fingerprint density at radius 3 is 2.57 bits per heavy atom. The molecule has 2 heterocycles. The third kappa shape index (κ3) is 5.89. The number of nitrogens with zero attached hydrogens (tertiary/aromatic N) is 2. The van der Waals surface area contributed by atoms with Gasteiger partial charge in [0.15, 0.2) is 5.13 Å². The predicted octanol–water partition coefficient (Wildman–Crippen LogP) is 2.78. The van der Waals surface area contributed by atoms with Crippen molar-refractivity contribution in [2.24, 2.45) is 11.8 Å². The first-order valence-electron chi connectivity index (χ1n) is 9.78. The zero-order valence-electron chi connectivity index (χ0n) is 17.1. The summed E-state index contributed by atoms with van der Waals surface area (Å²) in [6.07, 6.45) is 6.34. The number of sulfonamides is 1. The van der Waals surface area contributed by atoms with Crippen molar-refractivity contribution < 1.29 is 13.2 Å². The number of hydrogen-bond acceptors (Lipinski definition) is 6. The van der Waals surface area contributed by atoms with E-state index >= 15 is 0 Å². The molecule has 2 N–H and O–H groups in total. The molecule has 0 radical (unpaired) electrons. The van der Waals surface area contributed by atoms with E-state index in [9.17, 15) is 13.2 Å². The van der Waals surface area contributed by atoms with Gasteiger partial charge in [-0.1, -0.05) is 19.8 Å². The van der Waals surface area contributed by atoms with E-state index in [1.165, 1.54) is 42.0 Å². The Hall–Kier alpha value is -2.25. The lowest BCUT2D eigenvalue weighted by Crippen LogP contribution is -2.38. The number of carbonyl (C=O) groups excluding carboxylic acids is 1. The lowest BCUT2D eigenvalue weighted by molar-refractivity contribution is 0.102. The van der Waals surface area contributed by atoms with Crippen molar-refractivity contribution in [2.75, 3.05) is 25.0 Å². The van der Waals surface area contributed by atoms with Crippen LogP contribution in [0.25, 0.3) is 0 Å². The summed E-state index contributed by atoms with van der Waals surface area (Å²) in [6.45, 7) is 7.36. The minimum absolute atomic E-state index is 0.0517. The number of hydrogen-bond donors (Lipinski definition) is 2.